The smallest absolute Gasteiger partial charge is 0.255 e. The predicted molar refractivity (Wildman–Crippen MR) is 76.1 cm³/mol. The van der Waals surface area contributed by atoms with Crippen molar-refractivity contribution in [3.05, 3.63) is 58.1 Å². The van der Waals surface area contributed by atoms with Crippen molar-refractivity contribution in [1.29, 1.82) is 0 Å². The normalized spacial score (nSPS) is 10.2. The van der Waals surface area contributed by atoms with Gasteiger partial charge < -0.3 is 15.5 Å². The van der Waals surface area contributed by atoms with Gasteiger partial charge in [0.05, 0.1) is 11.1 Å². The van der Waals surface area contributed by atoms with E-state index in [2.05, 4.69) is 21.2 Å². The van der Waals surface area contributed by atoms with E-state index in [1.165, 1.54) is 6.07 Å². The zero-order valence-electron chi connectivity index (χ0n) is 9.93. The molecule has 0 aromatic heterocycles. The molecule has 0 heterocycles. The molecule has 0 bridgehead atoms. The second kappa shape index (κ2) is 5.86. The van der Waals surface area contributed by atoms with Crippen LogP contribution in [0.4, 0.5) is 5.69 Å². The Morgan fingerprint density at radius 2 is 1.95 bits per heavy atom. The molecule has 0 fully saturated rings. The Bertz CT molecular complexity index is 613. The highest BCUT2D eigenvalue weighted by Gasteiger charge is 2.10. The largest absolute Gasteiger partial charge is 0.507 e. The topological polar surface area (TPSA) is 69.6 Å². The second-order valence-corrected chi connectivity index (χ2v) is 4.79. The quantitative estimate of drug-likeness (QED) is 0.814. The first-order valence-corrected chi connectivity index (χ1v) is 6.39. The molecule has 2 rings (SSSR count). The highest BCUT2D eigenvalue weighted by Crippen LogP contribution is 2.25. The lowest BCUT2D eigenvalue weighted by atomic mass is 10.1. The number of phenolic OH excluding ortho intramolecular Hbond substituents is 1. The molecule has 0 saturated heterocycles. The number of aliphatic hydroxyl groups excluding tert-OH is 1. The number of hydrogen-bond acceptors (Lipinski definition) is 3. The molecule has 0 unspecified atom stereocenters. The molecule has 1 amide bonds. The SMILES string of the molecule is O=C(Nc1ccccc1CO)c1ccc(Br)c(O)c1. The van der Waals surface area contributed by atoms with Gasteiger partial charge in [0, 0.05) is 16.8 Å². The van der Waals surface area contributed by atoms with E-state index in [1.54, 1.807) is 36.4 Å². The Kier molecular flexibility index (Phi) is 4.19. The van der Waals surface area contributed by atoms with Gasteiger partial charge in [-0.2, -0.15) is 0 Å². The molecule has 0 aliphatic rings. The van der Waals surface area contributed by atoms with Crippen LogP contribution < -0.4 is 5.32 Å². The van der Waals surface area contributed by atoms with Gasteiger partial charge in [-0.05, 0) is 40.2 Å². The molecule has 2 aromatic rings. The van der Waals surface area contributed by atoms with Crippen molar-refractivity contribution in [2.24, 2.45) is 0 Å². The number of anilines is 1. The Hall–Kier alpha value is -1.85. The number of amides is 1. The molecule has 0 aliphatic carbocycles. The molecule has 5 heteroatoms. The van der Waals surface area contributed by atoms with Crippen molar-refractivity contribution in [2.45, 2.75) is 6.61 Å². The molecule has 98 valence electrons. The first-order valence-electron chi connectivity index (χ1n) is 5.60. The predicted octanol–water partition coefficient (Wildman–Crippen LogP) is 2.90. The highest BCUT2D eigenvalue weighted by molar-refractivity contribution is 9.10. The summed E-state index contributed by atoms with van der Waals surface area (Å²) in [5, 5.41) is 21.4. The maximum absolute atomic E-state index is 12.0. The zero-order valence-corrected chi connectivity index (χ0v) is 11.5. The Labute approximate surface area is 118 Å². The number of halogens is 1. The monoisotopic (exact) mass is 321 g/mol. The lowest BCUT2D eigenvalue weighted by Gasteiger charge is -2.09. The number of carbonyl (C=O) groups excluding carboxylic acids is 1. The maximum atomic E-state index is 12.0. The third kappa shape index (κ3) is 3.13. The van der Waals surface area contributed by atoms with E-state index in [0.29, 0.717) is 21.3 Å². The van der Waals surface area contributed by atoms with Gasteiger partial charge in [0.2, 0.25) is 0 Å². The van der Waals surface area contributed by atoms with Crippen LogP contribution >= 0.6 is 15.9 Å². The van der Waals surface area contributed by atoms with Gasteiger partial charge in [0.15, 0.2) is 0 Å². The van der Waals surface area contributed by atoms with Crippen LogP contribution in [0.25, 0.3) is 0 Å². The molecule has 0 aliphatic heterocycles. The van der Waals surface area contributed by atoms with Crippen LogP contribution in [-0.2, 0) is 6.61 Å². The van der Waals surface area contributed by atoms with Gasteiger partial charge in [0.1, 0.15) is 5.75 Å². The summed E-state index contributed by atoms with van der Waals surface area (Å²) < 4.78 is 0.528. The van der Waals surface area contributed by atoms with Gasteiger partial charge >= 0.3 is 0 Å². The minimum atomic E-state index is -0.344. The van der Waals surface area contributed by atoms with Gasteiger partial charge in [-0.15, -0.1) is 0 Å². The average molecular weight is 322 g/mol. The summed E-state index contributed by atoms with van der Waals surface area (Å²) in [6.07, 6.45) is 0. The highest BCUT2D eigenvalue weighted by atomic mass is 79.9. The summed E-state index contributed by atoms with van der Waals surface area (Å²) in [6.45, 7) is -0.151. The van der Waals surface area contributed by atoms with E-state index in [0.717, 1.165) is 0 Å². The fourth-order valence-corrected chi connectivity index (χ4v) is 1.88. The first kappa shape index (κ1) is 13.6. The summed E-state index contributed by atoms with van der Waals surface area (Å²) in [5.41, 5.74) is 1.53. The molecule has 4 nitrogen and oxygen atoms in total. The summed E-state index contributed by atoms with van der Waals surface area (Å²) in [4.78, 5) is 12.0. The molecule has 2 aromatic carbocycles. The van der Waals surface area contributed by atoms with Crippen molar-refractivity contribution in [1.82, 2.24) is 0 Å². The van der Waals surface area contributed by atoms with E-state index in [4.69, 9.17) is 0 Å². The van der Waals surface area contributed by atoms with E-state index in [-0.39, 0.29) is 18.3 Å². The van der Waals surface area contributed by atoms with Crippen LogP contribution in [0.3, 0.4) is 0 Å². The number of carbonyl (C=O) groups is 1. The van der Waals surface area contributed by atoms with Crippen molar-refractivity contribution in [2.75, 3.05) is 5.32 Å². The minimum Gasteiger partial charge on any atom is -0.507 e. The van der Waals surface area contributed by atoms with E-state index in [9.17, 15) is 15.0 Å². The van der Waals surface area contributed by atoms with Crippen LogP contribution in [0.1, 0.15) is 15.9 Å². The summed E-state index contributed by atoms with van der Waals surface area (Å²) in [6, 6.07) is 11.6. The number of aromatic hydroxyl groups is 1. The second-order valence-electron chi connectivity index (χ2n) is 3.94. The van der Waals surface area contributed by atoms with Crippen molar-refractivity contribution >= 4 is 27.5 Å². The number of para-hydroxylation sites is 1. The molecule has 3 N–H and O–H groups in total. The zero-order chi connectivity index (χ0) is 13.8. The number of benzene rings is 2. The maximum Gasteiger partial charge on any atom is 0.255 e. The lowest BCUT2D eigenvalue weighted by Crippen LogP contribution is -2.13. The molecule has 0 spiro atoms. The summed E-state index contributed by atoms with van der Waals surface area (Å²) >= 11 is 3.15. The Morgan fingerprint density at radius 3 is 2.63 bits per heavy atom. The van der Waals surface area contributed by atoms with Crippen LogP contribution in [0.5, 0.6) is 5.75 Å². The lowest BCUT2D eigenvalue weighted by molar-refractivity contribution is 0.102. The molecule has 0 radical (unpaired) electrons. The number of nitrogens with one attached hydrogen (secondary N) is 1. The summed E-state index contributed by atoms with van der Waals surface area (Å²) in [7, 11) is 0. The van der Waals surface area contributed by atoms with Crippen LogP contribution in [-0.4, -0.2) is 16.1 Å². The Balaban J connectivity index is 2.23. The number of rotatable bonds is 3. The van der Waals surface area contributed by atoms with Gasteiger partial charge in [-0.3, -0.25) is 4.79 Å². The number of aliphatic hydroxyl groups is 1. The van der Waals surface area contributed by atoms with Crippen molar-refractivity contribution in [3.63, 3.8) is 0 Å². The van der Waals surface area contributed by atoms with Crippen molar-refractivity contribution < 1.29 is 15.0 Å². The summed E-state index contributed by atoms with van der Waals surface area (Å²) in [5.74, 6) is -0.341. The Morgan fingerprint density at radius 1 is 1.21 bits per heavy atom. The number of phenols is 1. The number of hydrogen-bond donors (Lipinski definition) is 3. The van der Waals surface area contributed by atoms with Crippen LogP contribution in [0.15, 0.2) is 46.9 Å². The van der Waals surface area contributed by atoms with E-state index >= 15 is 0 Å². The van der Waals surface area contributed by atoms with Crippen molar-refractivity contribution in [3.8, 4) is 5.75 Å². The van der Waals surface area contributed by atoms with Gasteiger partial charge in [-0.25, -0.2) is 0 Å². The fourth-order valence-electron chi connectivity index (χ4n) is 1.63. The average Bonchev–Trinajstić information content (AvgIpc) is 2.42. The van der Waals surface area contributed by atoms with Gasteiger partial charge in [-0.1, -0.05) is 18.2 Å². The third-order valence-corrected chi connectivity index (χ3v) is 3.31. The van der Waals surface area contributed by atoms with E-state index in [1.807, 2.05) is 0 Å². The molecule has 0 saturated carbocycles. The van der Waals surface area contributed by atoms with Crippen LogP contribution in [0.2, 0.25) is 0 Å². The first-order chi connectivity index (χ1) is 9.11. The molecular formula is C14H12BrNO3. The third-order valence-electron chi connectivity index (χ3n) is 2.64. The fraction of sp³-hybridized carbons (Fsp3) is 0.0714. The van der Waals surface area contributed by atoms with E-state index < -0.39 is 0 Å². The molecule has 0 atom stereocenters. The standard InChI is InChI=1S/C14H12BrNO3/c15-11-6-5-9(7-13(11)18)14(19)16-12-4-2-1-3-10(12)8-17/h1-7,17-18H,8H2,(H,16,19). The molecule has 19 heavy (non-hydrogen) atoms. The molecular weight excluding hydrogens is 310 g/mol. The van der Waals surface area contributed by atoms with Gasteiger partial charge in [0.25, 0.3) is 5.91 Å². The van der Waals surface area contributed by atoms with Crippen LogP contribution in [0, 0.1) is 0 Å². The minimum absolute atomic E-state index is 0.00286.